The maximum Gasteiger partial charge on any atom is 0.335 e. The molecule has 1 unspecified atom stereocenters. The summed E-state index contributed by atoms with van der Waals surface area (Å²) < 4.78 is 1.35. The first kappa shape index (κ1) is 16.7. The summed E-state index contributed by atoms with van der Waals surface area (Å²) in [5.41, 5.74) is 0. The molecule has 0 N–H and O–H groups in total. The van der Waals surface area contributed by atoms with E-state index < -0.39 is 0 Å². The molecule has 1 heterocycles. The molecule has 0 radical (unpaired) electrons. The summed E-state index contributed by atoms with van der Waals surface area (Å²) in [5.74, 6) is -0.219. The van der Waals surface area contributed by atoms with Gasteiger partial charge in [-0.05, 0) is 6.42 Å². The number of unbranched alkanes of at least 4 members (excludes halogenated alkanes) is 7. The number of carbonyl (C=O) groups is 1. The van der Waals surface area contributed by atoms with Crippen LogP contribution < -0.4 is 4.84 Å². The Morgan fingerprint density at radius 2 is 1.80 bits per heavy atom. The van der Waals surface area contributed by atoms with Gasteiger partial charge in [0.15, 0.2) is 0 Å². The molecule has 0 aliphatic heterocycles. The van der Waals surface area contributed by atoms with Gasteiger partial charge in [0, 0.05) is 6.20 Å². The third-order valence-corrected chi connectivity index (χ3v) is 3.57. The molecule has 20 heavy (non-hydrogen) atoms. The Kier molecular flexibility index (Phi) is 8.76. The standard InChI is InChI=1S/C16H28N2O2/c1-3-4-5-6-7-8-9-10-11-15(2)16(19)20-18-13-12-17-14-18/h12-15H,3-11H2,1-2H3. The molecular formula is C16H28N2O2. The summed E-state index contributed by atoms with van der Waals surface area (Å²) in [6, 6.07) is 0. The van der Waals surface area contributed by atoms with E-state index in [1.54, 1.807) is 12.4 Å². The van der Waals surface area contributed by atoms with Crippen molar-refractivity contribution in [1.82, 2.24) is 9.71 Å². The van der Waals surface area contributed by atoms with Crippen LogP contribution in [0.15, 0.2) is 18.7 Å². The second kappa shape index (κ2) is 10.5. The van der Waals surface area contributed by atoms with Crippen molar-refractivity contribution in [3.05, 3.63) is 18.7 Å². The second-order valence-corrected chi connectivity index (χ2v) is 5.50. The first-order valence-corrected chi connectivity index (χ1v) is 7.94. The lowest BCUT2D eigenvalue weighted by molar-refractivity contribution is -0.148. The van der Waals surface area contributed by atoms with Gasteiger partial charge < -0.3 is 4.84 Å². The molecule has 0 aliphatic rings. The fourth-order valence-corrected chi connectivity index (χ4v) is 2.20. The maximum absolute atomic E-state index is 11.8. The number of aromatic nitrogens is 2. The zero-order chi connectivity index (χ0) is 14.6. The van der Waals surface area contributed by atoms with Crippen LogP contribution in [0.2, 0.25) is 0 Å². The average molecular weight is 280 g/mol. The molecular weight excluding hydrogens is 252 g/mol. The van der Waals surface area contributed by atoms with Gasteiger partial charge in [0.25, 0.3) is 0 Å². The van der Waals surface area contributed by atoms with Crippen molar-refractivity contribution in [2.24, 2.45) is 5.92 Å². The van der Waals surface area contributed by atoms with Crippen molar-refractivity contribution in [1.29, 1.82) is 0 Å². The van der Waals surface area contributed by atoms with Crippen LogP contribution in [0.4, 0.5) is 0 Å². The normalized spacial score (nSPS) is 12.3. The molecule has 0 spiro atoms. The van der Waals surface area contributed by atoms with Crippen molar-refractivity contribution >= 4 is 5.97 Å². The number of imidazole rings is 1. The number of carbonyl (C=O) groups excluding carboxylic acids is 1. The molecule has 1 atom stereocenters. The van der Waals surface area contributed by atoms with E-state index in [0.29, 0.717) is 0 Å². The van der Waals surface area contributed by atoms with Crippen LogP contribution >= 0.6 is 0 Å². The largest absolute Gasteiger partial charge is 0.335 e. The van der Waals surface area contributed by atoms with E-state index in [-0.39, 0.29) is 11.9 Å². The fourth-order valence-electron chi connectivity index (χ4n) is 2.20. The number of rotatable bonds is 11. The zero-order valence-electron chi connectivity index (χ0n) is 12.9. The Bertz CT molecular complexity index is 349. The van der Waals surface area contributed by atoms with E-state index >= 15 is 0 Å². The molecule has 0 aliphatic carbocycles. The van der Waals surface area contributed by atoms with Crippen molar-refractivity contribution in [2.75, 3.05) is 0 Å². The molecule has 4 heteroatoms. The third kappa shape index (κ3) is 7.31. The summed E-state index contributed by atoms with van der Waals surface area (Å²) in [4.78, 5) is 20.8. The Hall–Kier alpha value is -1.32. The van der Waals surface area contributed by atoms with Gasteiger partial charge in [-0.2, -0.15) is 4.73 Å². The number of nitrogens with zero attached hydrogens (tertiary/aromatic N) is 2. The fraction of sp³-hybridized carbons (Fsp3) is 0.750. The Morgan fingerprint density at radius 3 is 2.40 bits per heavy atom. The van der Waals surface area contributed by atoms with Crippen LogP contribution in [0.3, 0.4) is 0 Å². The Labute approximate surface area is 122 Å². The van der Waals surface area contributed by atoms with Crippen LogP contribution in [0.1, 0.15) is 71.6 Å². The average Bonchev–Trinajstić information content (AvgIpc) is 2.94. The lowest BCUT2D eigenvalue weighted by atomic mass is 10.0. The van der Waals surface area contributed by atoms with Gasteiger partial charge in [-0.1, -0.05) is 65.2 Å². The van der Waals surface area contributed by atoms with E-state index in [9.17, 15) is 4.79 Å². The molecule has 0 fully saturated rings. The van der Waals surface area contributed by atoms with E-state index in [1.807, 2.05) is 6.92 Å². The van der Waals surface area contributed by atoms with Gasteiger partial charge in [-0.15, -0.1) is 0 Å². The quantitative estimate of drug-likeness (QED) is 0.575. The predicted molar refractivity (Wildman–Crippen MR) is 80.2 cm³/mol. The van der Waals surface area contributed by atoms with Crippen molar-refractivity contribution < 1.29 is 9.63 Å². The van der Waals surface area contributed by atoms with Crippen LogP contribution in [0.25, 0.3) is 0 Å². The van der Waals surface area contributed by atoms with Crippen LogP contribution in [-0.4, -0.2) is 15.7 Å². The number of hydrogen-bond acceptors (Lipinski definition) is 3. The lowest BCUT2D eigenvalue weighted by Crippen LogP contribution is -2.24. The van der Waals surface area contributed by atoms with Gasteiger partial charge in [-0.3, -0.25) is 0 Å². The third-order valence-electron chi connectivity index (χ3n) is 3.57. The van der Waals surface area contributed by atoms with Gasteiger partial charge in [0.1, 0.15) is 6.33 Å². The first-order valence-electron chi connectivity index (χ1n) is 7.94. The summed E-state index contributed by atoms with van der Waals surface area (Å²) in [5, 5.41) is 0. The molecule has 0 bridgehead atoms. The van der Waals surface area contributed by atoms with E-state index in [1.165, 1.54) is 56.0 Å². The molecule has 1 aromatic heterocycles. The zero-order valence-corrected chi connectivity index (χ0v) is 12.9. The van der Waals surface area contributed by atoms with Crippen molar-refractivity contribution in [3.8, 4) is 0 Å². The molecule has 1 rings (SSSR count). The highest BCUT2D eigenvalue weighted by atomic mass is 16.7. The monoisotopic (exact) mass is 280 g/mol. The van der Waals surface area contributed by atoms with E-state index in [4.69, 9.17) is 4.84 Å². The van der Waals surface area contributed by atoms with Gasteiger partial charge >= 0.3 is 5.97 Å². The molecule has 0 aromatic carbocycles. The smallest absolute Gasteiger partial charge is 0.335 e. The summed E-state index contributed by atoms with van der Waals surface area (Å²) in [7, 11) is 0. The van der Waals surface area contributed by atoms with E-state index in [0.717, 1.165) is 12.8 Å². The first-order chi connectivity index (χ1) is 9.74. The molecule has 114 valence electrons. The number of hydrogen-bond donors (Lipinski definition) is 0. The summed E-state index contributed by atoms with van der Waals surface area (Å²) in [6.07, 6.45) is 15.9. The van der Waals surface area contributed by atoms with Gasteiger partial charge in [-0.25, -0.2) is 9.78 Å². The highest BCUT2D eigenvalue weighted by Crippen LogP contribution is 2.13. The summed E-state index contributed by atoms with van der Waals surface area (Å²) >= 11 is 0. The Balaban J connectivity index is 1.99. The Morgan fingerprint density at radius 1 is 1.15 bits per heavy atom. The van der Waals surface area contributed by atoms with Gasteiger partial charge in [0.2, 0.25) is 0 Å². The minimum atomic E-state index is -0.175. The molecule has 1 aromatic rings. The van der Waals surface area contributed by atoms with Crippen molar-refractivity contribution in [2.45, 2.75) is 71.6 Å². The van der Waals surface area contributed by atoms with E-state index in [2.05, 4.69) is 11.9 Å². The van der Waals surface area contributed by atoms with Crippen LogP contribution in [0.5, 0.6) is 0 Å². The topological polar surface area (TPSA) is 44.1 Å². The highest BCUT2D eigenvalue weighted by Gasteiger charge is 2.14. The maximum atomic E-state index is 11.8. The summed E-state index contributed by atoms with van der Waals surface area (Å²) in [6.45, 7) is 4.17. The minimum Gasteiger partial charge on any atom is -0.335 e. The highest BCUT2D eigenvalue weighted by molar-refractivity contribution is 5.72. The minimum absolute atomic E-state index is 0.0440. The molecule has 4 nitrogen and oxygen atoms in total. The predicted octanol–water partition coefficient (Wildman–Crippen LogP) is 4.01. The second-order valence-electron chi connectivity index (χ2n) is 5.50. The molecule has 0 saturated carbocycles. The van der Waals surface area contributed by atoms with Crippen molar-refractivity contribution in [3.63, 3.8) is 0 Å². The van der Waals surface area contributed by atoms with Crippen LogP contribution in [-0.2, 0) is 4.79 Å². The molecule has 0 amide bonds. The molecule has 0 saturated heterocycles. The lowest BCUT2D eigenvalue weighted by Gasteiger charge is -2.10. The SMILES string of the molecule is CCCCCCCCCCC(C)C(=O)On1ccnc1. The van der Waals surface area contributed by atoms with Gasteiger partial charge in [0.05, 0.1) is 12.1 Å². The van der Waals surface area contributed by atoms with Crippen LogP contribution in [0, 0.1) is 5.92 Å².